The Morgan fingerprint density at radius 3 is 2.63 bits per heavy atom. The molecule has 2 atom stereocenters. The predicted molar refractivity (Wildman–Crippen MR) is 108 cm³/mol. The van der Waals surface area contributed by atoms with E-state index in [4.69, 9.17) is 9.47 Å². The maximum Gasteiger partial charge on any atom is 0.227 e. The van der Waals surface area contributed by atoms with Crippen LogP contribution in [0.25, 0.3) is 11.3 Å². The molecule has 0 aliphatic carbocycles. The molecule has 0 amide bonds. The normalized spacial score (nSPS) is 19.0. The molecule has 0 unspecified atom stereocenters. The van der Waals surface area contributed by atoms with Crippen LogP contribution < -0.4 is 15.0 Å². The number of nitrogens with one attached hydrogen (secondary N) is 2. The highest BCUT2D eigenvalue weighted by Gasteiger charge is 2.24. The molecule has 1 aromatic carbocycles. The Hall–Kier alpha value is -3.27. The third-order valence-corrected chi connectivity index (χ3v) is 4.71. The molecule has 2 aromatic heterocycles. The number of methoxy groups -OCH3 is 1. The second-order valence-electron chi connectivity index (χ2n) is 7.16. The van der Waals surface area contributed by atoms with E-state index < -0.39 is 11.6 Å². The van der Waals surface area contributed by atoms with Gasteiger partial charge in [-0.15, -0.1) is 0 Å². The minimum absolute atomic E-state index is 0.0496. The van der Waals surface area contributed by atoms with Gasteiger partial charge in [-0.3, -0.25) is 5.10 Å². The maximum absolute atomic E-state index is 14.3. The summed E-state index contributed by atoms with van der Waals surface area (Å²) in [6.45, 7) is 5.42. The van der Waals surface area contributed by atoms with E-state index in [1.165, 1.54) is 7.11 Å². The van der Waals surface area contributed by atoms with Crippen LogP contribution in [0, 0.1) is 11.6 Å². The molecule has 1 aliphatic rings. The summed E-state index contributed by atoms with van der Waals surface area (Å²) in [5, 5.41) is 9.88. The van der Waals surface area contributed by atoms with Crippen molar-refractivity contribution in [2.45, 2.75) is 26.1 Å². The Morgan fingerprint density at radius 2 is 1.90 bits per heavy atom. The van der Waals surface area contributed by atoms with Crippen LogP contribution >= 0.6 is 0 Å². The number of ether oxygens (including phenoxy) is 2. The number of benzene rings is 1. The highest BCUT2D eigenvalue weighted by atomic mass is 19.1. The van der Waals surface area contributed by atoms with Crippen molar-refractivity contribution in [1.29, 1.82) is 0 Å². The van der Waals surface area contributed by atoms with Crippen LogP contribution in [-0.4, -0.2) is 52.6 Å². The van der Waals surface area contributed by atoms with Crippen LogP contribution in [-0.2, 0) is 4.74 Å². The Labute approximate surface area is 172 Å². The molecular weight excluding hydrogens is 394 g/mol. The van der Waals surface area contributed by atoms with Crippen LogP contribution in [0.4, 0.5) is 26.4 Å². The fourth-order valence-electron chi connectivity index (χ4n) is 3.46. The van der Waals surface area contributed by atoms with Crippen molar-refractivity contribution in [3.63, 3.8) is 0 Å². The SMILES string of the molecule is COc1cc(F)c(-c2cc(Nc3ccnc(N4C[C@@H](C)O[C@@H](C)C4)n3)n[nH]2)cc1F. The molecule has 30 heavy (non-hydrogen) atoms. The zero-order valence-electron chi connectivity index (χ0n) is 16.8. The van der Waals surface area contributed by atoms with Crippen molar-refractivity contribution in [3.8, 4) is 17.0 Å². The molecule has 1 aliphatic heterocycles. The first-order valence-corrected chi connectivity index (χ1v) is 9.52. The van der Waals surface area contributed by atoms with E-state index in [1.54, 1.807) is 18.3 Å². The fraction of sp³-hybridized carbons (Fsp3) is 0.350. The number of anilines is 3. The lowest BCUT2D eigenvalue weighted by molar-refractivity contribution is -0.00571. The smallest absolute Gasteiger partial charge is 0.227 e. The molecule has 4 rings (SSSR count). The largest absolute Gasteiger partial charge is 0.494 e. The quantitative estimate of drug-likeness (QED) is 0.658. The minimum Gasteiger partial charge on any atom is -0.494 e. The van der Waals surface area contributed by atoms with Gasteiger partial charge >= 0.3 is 0 Å². The van der Waals surface area contributed by atoms with E-state index in [1.807, 2.05) is 13.8 Å². The van der Waals surface area contributed by atoms with E-state index in [9.17, 15) is 8.78 Å². The first-order valence-electron chi connectivity index (χ1n) is 9.52. The van der Waals surface area contributed by atoms with Gasteiger partial charge in [-0.05, 0) is 26.0 Å². The van der Waals surface area contributed by atoms with E-state index in [0.717, 1.165) is 12.1 Å². The van der Waals surface area contributed by atoms with Crippen molar-refractivity contribution >= 4 is 17.6 Å². The van der Waals surface area contributed by atoms with Gasteiger partial charge in [-0.25, -0.2) is 13.8 Å². The van der Waals surface area contributed by atoms with Crippen molar-refractivity contribution in [2.24, 2.45) is 0 Å². The lowest BCUT2D eigenvalue weighted by Gasteiger charge is -2.35. The van der Waals surface area contributed by atoms with Gasteiger partial charge in [0.15, 0.2) is 17.4 Å². The third-order valence-electron chi connectivity index (χ3n) is 4.71. The number of aromatic nitrogens is 4. The lowest BCUT2D eigenvalue weighted by Crippen LogP contribution is -2.46. The zero-order valence-corrected chi connectivity index (χ0v) is 16.8. The molecule has 10 heteroatoms. The number of hydrogen-bond acceptors (Lipinski definition) is 7. The number of halogens is 2. The maximum atomic E-state index is 14.3. The van der Waals surface area contributed by atoms with Crippen LogP contribution in [0.1, 0.15) is 13.8 Å². The van der Waals surface area contributed by atoms with Crippen molar-refractivity contribution in [3.05, 3.63) is 42.1 Å². The summed E-state index contributed by atoms with van der Waals surface area (Å²) in [5.74, 6) is 0.0892. The first-order chi connectivity index (χ1) is 14.4. The van der Waals surface area contributed by atoms with Crippen LogP contribution in [0.3, 0.4) is 0 Å². The summed E-state index contributed by atoms with van der Waals surface area (Å²) in [5.41, 5.74) is 0.371. The third kappa shape index (κ3) is 4.18. The van der Waals surface area contributed by atoms with Crippen LogP contribution in [0.2, 0.25) is 0 Å². The molecule has 0 radical (unpaired) electrons. The second-order valence-corrected chi connectivity index (χ2v) is 7.16. The average molecular weight is 416 g/mol. The summed E-state index contributed by atoms with van der Waals surface area (Å²) in [6, 6.07) is 5.35. The second kappa shape index (κ2) is 8.23. The van der Waals surface area contributed by atoms with Crippen molar-refractivity contribution < 1.29 is 18.3 Å². The number of morpholine rings is 1. The highest BCUT2D eigenvalue weighted by Crippen LogP contribution is 2.29. The van der Waals surface area contributed by atoms with Crippen molar-refractivity contribution in [1.82, 2.24) is 20.2 Å². The molecule has 2 N–H and O–H groups in total. The van der Waals surface area contributed by atoms with Gasteiger partial charge in [0.05, 0.1) is 25.0 Å². The molecule has 1 fully saturated rings. The van der Waals surface area contributed by atoms with Gasteiger partial charge in [0.25, 0.3) is 0 Å². The average Bonchev–Trinajstić information content (AvgIpc) is 3.17. The van der Waals surface area contributed by atoms with Gasteiger partial charge in [0.2, 0.25) is 5.95 Å². The summed E-state index contributed by atoms with van der Waals surface area (Å²) >= 11 is 0. The molecule has 1 saturated heterocycles. The molecule has 3 aromatic rings. The van der Waals surface area contributed by atoms with E-state index in [-0.39, 0.29) is 23.5 Å². The Morgan fingerprint density at radius 1 is 1.13 bits per heavy atom. The van der Waals surface area contributed by atoms with Gasteiger partial charge in [0, 0.05) is 37.0 Å². The van der Waals surface area contributed by atoms with Crippen LogP contribution in [0.5, 0.6) is 5.75 Å². The van der Waals surface area contributed by atoms with E-state index >= 15 is 0 Å². The highest BCUT2D eigenvalue weighted by molar-refractivity contribution is 5.66. The van der Waals surface area contributed by atoms with Gasteiger partial charge in [0.1, 0.15) is 11.6 Å². The molecule has 0 saturated carbocycles. The van der Waals surface area contributed by atoms with Gasteiger partial charge < -0.3 is 19.7 Å². The molecule has 3 heterocycles. The van der Waals surface area contributed by atoms with Gasteiger partial charge in [-0.1, -0.05) is 0 Å². The summed E-state index contributed by atoms with van der Waals surface area (Å²) < 4.78 is 38.8. The number of H-pyrrole nitrogens is 1. The number of nitrogens with zero attached hydrogens (tertiary/aromatic N) is 4. The molecule has 158 valence electrons. The standard InChI is InChI=1S/C20H22F2N6O2/c1-11-9-28(10-12(2)30-11)20-23-5-4-18(25-20)24-19-8-16(26-27-19)13-6-15(22)17(29-3)7-14(13)21/h4-8,11-12H,9-10H2,1-3H3,(H2,23,24,25,26,27)/t11-,12+. The number of aromatic amines is 1. The molecule has 8 nitrogen and oxygen atoms in total. The van der Waals surface area contributed by atoms with Gasteiger partial charge in [-0.2, -0.15) is 10.1 Å². The van der Waals surface area contributed by atoms with E-state index in [0.29, 0.717) is 36.4 Å². The molecule has 0 bridgehead atoms. The Kier molecular flexibility index (Phi) is 5.49. The topological polar surface area (TPSA) is 88.2 Å². The number of rotatable bonds is 5. The molecular formula is C20H22F2N6O2. The van der Waals surface area contributed by atoms with E-state index in [2.05, 4.69) is 30.4 Å². The fourth-order valence-corrected chi connectivity index (χ4v) is 3.46. The zero-order chi connectivity index (χ0) is 21.3. The predicted octanol–water partition coefficient (Wildman–Crippen LogP) is 3.51. The molecule has 0 spiro atoms. The summed E-state index contributed by atoms with van der Waals surface area (Å²) in [6.07, 6.45) is 1.83. The Bertz CT molecular complexity index is 1030. The summed E-state index contributed by atoms with van der Waals surface area (Å²) in [4.78, 5) is 11.0. The lowest BCUT2D eigenvalue weighted by atomic mass is 10.1. The monoisotopic (exact) mass is 416 g/mol. The summed E-state index contributed by atoms with van der Waals surface area (Å²) in [7, 11) is 1.28. The van der Waals surface area contributed by atoms with Crippen LogP contribution in [0.15, 0.2) is 30.5 Å². The first kappa shape index (κ1) is 20.0. The minimum atomic E-state index is -0.660. The van der Waals surface area contributed by atoms with Crippen molar-refractivity contribution in [2.75, 3.05) is 30.4 Å². The number of hydrogen-bond donors (Lipinski definition) is 2. The Balaban J connectivity index is 1.53.